The smallest absolute Gasteiger partial charge is 0.251 e. The summed E-state index contributed by atoms with van der Waals surface area (Å²) in [5.74, 6) is 0.997. The van der Waals surface area contributed by atoms with E-state index in [-0.39, 0.29) is 5.91 Å². The van der Waals surface area contributed by atoms with Crippen LogP contribution in [-0.4, -0.2) is 39.1 Å². The lowest BCUT2D eigenvalue weighted by atomic mass is 10.1. The molecule has 24 heavy (non-hydrogen) atoms. The quantitative estimate of drug-likeness (QED) is 0.849. The van der Waals surface area contributed by atoms with Crippen molar-refractivity contribution in [1.29, 1.82) is 0 Å². The number of hydrogen-bond acceptors (Lipinski definition) is 4. The van der Waals surface area contributed by atoms with E-state index in [4.69, 9.17) is 9.47 Å². The summed E-state index contributed by atoms with van der Waals surface area (Å²) in [6.45, 7) is 1.38. The summed E-state index contributed by atoms with van der Waals surface area (Å²) in [7, 11) is 7.20. The molecule has 0 spiro atoms. The molecule has 5 nitrogen and oxygen atoms in total. The Morgan fingerprint density at radius 2 is 1.58 bits per heavy atom. The molecule has 0 saturated carbocycles. The van der Waals surface area contributed by atoms with Gasteiger partial charge in [-0.05, 0) is 43.4 Å². The summed E-state index contributed by atoms with van der Waals surface area (Å²) in [4.78, 5) is 14.4. The molecule has 0 aliphatic carbocycles. The topological polar surface area (TPSA) is 50.8 Å². The van der Waals surface area contributed by atoms with Crippen LogP contribution in [-0.2, 0) is 13.1 Å². The first kappa shape index (κ1) is 17.8. The predicted octanol–water partition coefficient (Wildman–Crippen LogP) is 2.70. The molecule has 0 aromatic heterocycles. The van der Waals surface area contributed by atoms with Crippen molar-refractivity contribution < 1.29 is 14.3 Å². The Hall–Kier alpha value is -2.53. The van der Waals surface area contributed by atoms with E-state index in [1.165, 1.54) is 5.56 Å². The van der Waals surface area contributed by atoms with Gasteiger partial charge in [-0.25, -0.2) is 0 Å². The molecule has 128 valence electrons. The molecule has 0 unspecified atom stereocenters. The van der Waals surface area contributed by atoms with E-state index in [0.717, 1.165) is 12.1 Å². The monoisotopic (exact) mass is 328 g/mol. The maximum atomic E-state index is 12.3. The van der Waals surface area contributed by atoms with Crippen LogP contribution in [0, 0.1) is 0 Å². The molecule has 0 fully saturated rings. The fraction of sp³-hybridized carbons (Fsp3) is 0.316. The summed E-state index contributed by atoms with van der Waals surface area (Å²) in [5.41, 5.74) is 2.85. The number of nitrogens with zero attached hydrogens (tertiary/aromatic N) is 1. The molecule has 5 heteroatoms. The molecule has 0 radical (unpaired) electrons. The third kappa shape index (κ3) is 4.73. The number of benzene rings is 2. The van der Waals surface area contributed by atoms with Gasteiger partial charge in [-0.15, -0.1) is 0 Å². The number of nitrogens with one attached hydrogen (secondary N) is 1. The van der Waals surface area contributed by atoms with Crippen LogP contribution in [0.4, 0.5) is 0 Å². The number of amides is 1. The van der Waals surface area contributed by atoms with E-state index in [2.05, 4.69) is 22.3 Å². The molecule has 1 N–H and O–H groups in total. The van der Waals surface area contributed by atoms with Crippen molar-refractivity contribution in [2.45, 2.75) is 13.1 Å². The Labute approximate surface area is 143 Å². The molecule has 0 bridgehead atoms. The number of ether oxygens (including phenoxy) is 2. The highest BCUT2D eigenvalue weighted by Crippen LogP contribution is 2.27. The van der Waals surface area contributed by atoms with Gasteiger partial charge in [0.25, 0.3) is 5.91 Å². The average Bonchev–Trinajstić information content (AvgIpc) is 2.59. The number of hydrogen-bond donors (Lipinski definition) is 1. The van der Waals surface area contributed by atoms with Gasteiger partial charge >= 0.3 is 0 Å². The molecule has 2 rings (SSSR count). The van der Waals surface area contributed by atoms with E-state index in [1.54, 1.807) is 32.4 Å². The summed E-state index contributed by atoms with van der Waals surface area (Å²) in [5, 5.41) is 2.92. The standard InChI is InChI=1S/C19H24N2O3/c1-21(2)13-15-7-5-14(6-8-15)12-20-19(22)16-9-10-17(23-3)18(11-16)24-4/h5-11H,12-13H2,1-4H3,(H,20,22). The molecule has 2 aromatic rings. The van der Waals surface area contributed by atoms with E-state index in [0.29, 0.717) is 23.6 Å². The number of methoxy groups -OCH3 is 2. The van der Waals surface area contributed by atoms with Crippen molar-refractivity contribution in [1.82, 2.24) is 10.2 Å². The van der Waals surface area contributed by atoms with Crippen LogP contribution >= 0.6 is 0 Å². The molecule has 0 saturated heterocycles. The molecule has 0 aliphatic heterocycles. The Morgan fingerprint density at radius 3 is 2.17 bits per heavy atom. The second-order valence-electron chi connectivity index (χ2n) is 5.81. The van der Waals surface area contributed by atoms with Crippen LogP contribution in [0.5, 0.6) is 11.5 Å². The Morgan fingerprint density at radius 1 is 0.958 bits per heavy atom. The van der Waals surface area contributed by atoms with E-state index in [1.807, 2.05) is 26.2 Å². The third-order valence-electron chi connectivity index (χ3n) is 3.62. The van der Waals surface area contributed by atoms with Crippen molar-refractivity contribution >= 4 is 5.91 Å². The first-order chi connectivity index (χ1) is 11.5. The third-order valence-corrected chi connectivity index (χ3v) is 3.62. The highest BCUT2D eigenvalue weighted by Gasteiger charge is 2.10. The molecule has 0 heterocycles. The van der Waals surface area contributed by atoms with Crippen molar-refractivity contribution in [2.75, 3.05) is 28.3 Å². The van der Waals surface area contributed by atoms with E-state index >= 15 is 0 Å². The van der Waals surface area contributed by atoms with Gasteiger partial charge in [0.05, 0.1) is 14.2 Å². The van der Waals surface area contributed by atoms with Crippen LogP contribution < -0.4 is 14.8 Å². The summed E-state index contributed by atoms with van der Waals surface area (Å²) >= 11 is 0. The van der Waals surface area contributed by atoms with Crippen LogP contribution in [0.3, 0.4) is 0 Å². The number of carbonyl (C=O) groups excluding carboxylic acids is 1. The predicted molar refractivity (Wildman–Crippen MR) is 94.5 cm³/mol. The fourth-order valence-corrected chi connectivity index (χ4v) is 2.39. The second-order valence-corrected chi connectivity index (χ2v) is 5.81. The average molecular weight is 328 g/mol. The van der Waals surface area contributed by atoms with Crippen molar-refractivity contribution in [3.63, 3.8) is 0 Å². The Balaban J connectivity index is 1.97. The van der Waals surface area contributed by atoms with Crippen LogP contribution in [0.2, 0.25) is 0 Å². The summed E-state index contributed by atoms with van der Waals surface area (Å²) < 4.78 is 10.4. The molecular weight excluding hydrogens is 304 g/mol. The zero-order valence-electron chi connectivity index (χ0n) is 14.6. The first-order valence-electron chi connectivity index (χ1n) is 7.76. The minimum atomic E-state index is -0.145. The lowest BCUT2D eigenvalue weighted by molar-refractivity contribution is 0.0950. The largest absolute Gasteiger partial charge is 0.493 e. The van der Waals surface area contributed by atoms with Gasteiger partial charge in [0.2, 0.25) is 0 Å². The van der Waals surface area contributed by atoms with Crippen LogP contribution in [0.15, 0.2) is 42.5 Å². The molecule has 1 amide bonds. The van der Waals surface area contributed by atoms with Gasteiger partial charge in [0, 0.05) is 18.7 Å². The molecule has 0 aliphatic rings. The number of carbonyl (C=O) groups is 1. The second kappa shape index (κ2) is 8.36. The minimum Gasteiger partial charge on any atom is -0.493 e. The van der Waals surface area contributed by atoms with Gasteiger partial charge in [-0.3, -0.25) is 4.79 Å². The maximum Gasteiger partial charge on any atom is 0.251 e. The first-order valence-corrected chi connectivity index (χ1v) is 7.76. The van der Waals surface area contributed by atoms with Gasteiger partial charge in [0.15, 0.2) is 11.5 Å². The van der Waals surface area contributed by atoms with Gasteiger partial charge < -0.3 is 19.7 Å². The Kier molecular flexibility index (Phi) is 6.21. The van der Waals surface area contributed by atoms with Gasteiger partial charge in [-0.2, -0.15) is 0 Å². The van der Waals surface area contributed by atoms with Gasteiger partial charge in [-0.1, -0.05) is 24.3 Å². The zero-order valence-corrected chi connectivity index (χ0v) is 14.6. The van der Waals surface area contributed by atoms with E-state index in [9.17, 15) is 4.79 Å². The molecular formula is C19H24N2O3. The summed E-state index contributed by atoms with van der Waals surface area (Å²) in [6.07, 6.45) is 0. The lowest BCUT2D eigenvalue weighted by Gasteiger charge is -2.11. The van der Waals surface area contributed by atoms with Crippen LogP contribution in [0.1, 0.15) is 21.5 Å². The van der Waals surface area contributed by atoms with E-state index < -0.39 is 0 Å². The van der Waals surface area contributed by atoms with Crippen molar-refractivity contribution in [2.24, 2.45) is 0 Å². The highest BCUT2D eigenvalue weighted by atomic mass is 16.5. The minimum absolute atomic E-state index is 0.145. The van der Waals surface area contributed by atoms with Crippen molar-refractivity contribution in [3.05, 3.63) is 59.2 Å². The Bertz CT molecular complexity index is 682. The molecule has 2 aromatic carbocycles. The zero-order chi connectivity index (χ0) is 17.5. The maximum absolute atomic E-state index is 12.3. The highest BCUT2D eigenvalue weighted by molar-refractivity contribution is 5.94. The lowest BCUT2D eigenvalue weighted by Crippen LogP contribution is -2.22. The SMILES string of the molecule is COc1ccc(C(=O)NCc2ccc(CN(C)C)cc2)cc1OC. The fourth-order valence-electron chi connectivity index (χ4n) is 2.39. The van der Waals surface area contributed by atoms with Crippen LogP contribution in [0.25, 0.3) is 0 Å². The molecule has 0 atom stereocenters. The normalized spacial score (nSPS) is 10.5. The number of rotatable bonds is 7. The van der Waals surface area contributed by atoms with Gasteiger partial charge in [0.1, 0.15) is 0 Å². The van der Waals surface area contributed by atoms with Crippen molar-refractivity contribution in [3.8, 4) is 11.5 Å². The summed E-state index contributed by atoms with van der Waals surface area (Å²) in [6, 6.07) is 13.4.